The van der Waals surface area contributed by atoms with Gasteiger partial charge in [-0.1, -0.05) is 65.7 Å². The standard InChI is InChI=1S/C27H22Cl2FN3O/c28-22-9-8-18(14-23(22)29)21-15-26(33-12-10-31-11-13-33)25(16-24(21)30)32-27(34)20-7-3-5-17-4-1-2-6-19(17)20/h1-9,14-16,31H,10-13H2,(H,32,34). The fourth-order valence-electron chi connectivity index (χ4n) is 4.33. The predicted molar refractivity (Wildman–Crippen MR) is 139 cm³/mol. The van der Waals surface area contributed by atoms with E-state index in [4.69, 9.17) is 23.2 Å². The van der Waals surface area contributed by atoms with Crippen molar-refractivity contribution in [1.29, 1.82) is 0 Å². The second kappa shape index (κ2) is 9.63. The summed E-state index contributed by atoms with van der Waals surface area (Å²) in [5.74, 6) is -0.736. The number of hydrogen-bond acceptors (Lipinski definition) is 3. The zero-order valence-corrected chi connectivity index (χ0v) is 19.8. The first-order valence-electron chi connectivity index (χ1n) is 11.0. The van der Waals surface area contributed by atoms with E-state index in [9.17, 15) is 4.79 Å². The highest BCUT2D eigenvalue weighted by atomic mass is 35.5. The lowest BCUT2D eigenvalue weighted by Crippen LogP contribution is -2.43. The van der Waals surface area contributed by atoms with Crippen LogP contribution in [0.1, 0.15) is 10.4 Å². The third-order valence-corrected chi connectivity index (χ3v) is 6.80. The number of rotatable bonds is 4. The van der Waals surface area contributed by atoms with Gasteiger partial charge in [0, 0.05) is 43.4 Å². The first-order chi connectivity index (χ1) is 16.5. The minimum atomic E-state index is -0.453. The molecule has 5 rings (SSSR count). The molecule has 0 radical (unpaired) electrons. The van der Waals surface area contributed by atoms with E-state index in [0.29, 0.717) is 32.4 Å². The minimum Gasteiger partial charge on any atom is -0.367 e. The lowest BCUT2D eigenvalue weighted by atomic mass is 10.0. The predicted octanol–water partition coefficient (Wildman–Crippen LogP) is 6.61. The molecular weight excluding hydrogens is 472 g/mol. The van der Waals surface area contributed by atoms with E-state index in [-0.39, 0.29) is 5.91 Å². The Morgan fingerprint density at radius 1 is 0.912 bits per heavy atom. The molecule has 0 unspecified atom stereocenters. The van der Waals surface area contributed by atoms with Gasteiger partial charge in [-0.05, 0) is 40.6 Å². The Balaban J connectivity index is 1.57. The molecule has 172 valence electrons. The summed E-state index contributed by atoms with van der Waals surface area (Å²) >= 11 is 12.2. The molecule has 1 fully saturated rings. The van der Waals surface area contributed by atoms with Gasteiger partial charge >= 0.3 is 0 Å². The molecule has 4 nitrogen and oxygen atoms in total. The number of benzene rings is 4. The van der Waals surface area contributed by atoms with Gasteiger partial charge in [-0.3, -0.25) is 4.79 Å². The van der Waals surface area contributed by atoms with E-state index >= 15 is 4.39 Å². The highest BCUT2D eigenvalue weighted by molar-refractivity contribution is 6.42. The Kier molecular flexibility index (Phi) is 6.42. The SMILES string of the molecule is O=C(Nc1cc(F)c(-c2ccc(Cl)c(Cl)c2)cc1N1CCNCC1)c1cccc2ccccc12. The zero-order valence-electron chi connectivity index (χ0n) is 18.2. The molecule has 7 heteroatoms. The molecule has 1 heterocycles. The number of nitrogens with one attached hydrogen (secondary N) is 2. The molecule has 0 aromatic heterocycles. The second-order valence-electron chi connectivity index (χ2n) is 8.20. The zero-order chi connectivity index (χ0) is 23.7. The van der Waals surface area contributed by atoms with Gasteiger partial charge in [0.1, 0.15) is 5.82 Å². The van der Waals surface area contributed by atoms with E-state index in [0.717, 1.165) is 42.6 Å². The van der Waals surface area contributed by atoms with Gasteiger partial charge in [-0.15, -0.1) is 0 Å². The largest absolute Gasteiger partial charge is 0.367 e. The lowest BCUT2D eigenvalue weighted by molar-refractivity contribution is 0.102. The summed E-state index contributed by atoms with van der Waals surface area (Å²) in [4.78, 5) is 15.5. The van der Waals surface area contributed by atoms with Crippen molar-refractivity contribution in [3.63, 3.8) is 0 Å². The van der Waals surface area contributed by atoms with Gasteiger partial charge in [0.25, 0.3) is 5.91 Å². The highest BCUT2D eigenvalue weighted by Gasteiger charge is 2.21. The quantitative estimate of drug-likeness (QED) is 0.336. The number of nitrogens with zero attached hydrogens (tertiary/aromatic N) is 1. The van der Waals surface area contributed by atoms with Crippen LogP contribution in [-0.2, 0) is 0 Å². The molecule has 34 heavy (non-hydrogen) atoms. The number of fused-ring (bicyclic) bond motifs is 1. The van der Waals surface area contributed by atoms with Crippen LogP contribution < -0.4 is 15.5 Å². The number of carbonyl (C=O) groups is 1. The Morgan fingerprint density at radius 2 is 1.68 bits per heavy atom. The maximum atomic E-state index is 15.4. The van der Waals surface area contributed by atoms with Gasteiger partial charge in [-0.2, -0.15) is 0 Å². The van der Waals surface area contributed by atoms with Crippen molar-refractivity contribution in [1.82, 2.24) is 5.32 Å². The van der Waals surface area contributed by atoms with Crippen molar-refractivity contribution in [2.45, 2.75) is 0 Å². The van der Waals surface area contributed by atoms with Crippen LogP contribution >= 0.6 is 23.2 Å². The van der Waals surface area contributed by atoms with Crippen molar-refractivity contribution in [2.75, 3.05) is 36.4 Å². The molecule has 1 aliphatic heterocycles. The molecule has 0 spiro atoms. The summed E-state index contributed by atoms with van der Waals surface area (Å²) in [6.45, 7) is 3.08. The molecule has 0 aliphatic carbocycles. The molecule has 1 amide bonds. The summed E-state index contributed by atoms with van der Waals surface area (Å²) in [6.07, 6.45) is 0. The van der Waals surface area contributed by atoms with Crippen LogP contribution in [0.25, 0.3) is 21.9 Å². The average Bonchev–Trinajstić information content (AvgIpc) is 2.86. The van der Waals surface area contributed by atoms with Crippen LogP contribution in [-0.4, -0.2) is 32.1 Å². The molecule has 0 saturated carbocycles. The Morgan fingerprint density at radius 3 is 2.47 bits per heavy atom. The van der Waals surface area contributed by atoms with E-state index in [1.165, 1.54) is 6.07 Å². The second-order valence-corrected chi connectivity index (χ2v) is 9.01. The van der Waals surface area contributed by atoms with E-state index in [1.807, 2.05) is 36.4 Å². The van der Waals surface area contributed by atoms with Crippen LogP contribution in [0.3, 0.4) is 0 Å². The maximum Gasteiger partial charge on any atom is 0.256 e. The molecule has 4 aromatic rings. The number of amides is 1. The molecule has 1 aliphatic rings. The minimum absolute atomic E-state index is 0.283. The van der Waals surface area contributed by atoms with Gasteiger partial charge in [-0.25, -0.2) is 4.39 Å². The summed E-state index contributed by atoms with van der Waals surface area (Å²) in [7, 11) is 0. The summed E-state index contributed by atoms with van der Waals surface area (Å²) in [5, 5.41) is 8.88. The Bertz CT molecular complexity index is 1380. The Labute approximate surface area is 207 Å². The number of halogens is 3. The third kappa shape index (κ3) is 4.47. The van der Waals surface area contributed by atoms with Crippen LogP contribution in [0, 0.1) is 5.82 Å². The van der Waals surface area contributed by atoms with Gasteiger partial charge in [0.2, 0.25) is 0 Å². The fraction of sp³-hybridized carbons (Fsp3) is 0.148. The first-order valence-corrected chi connectivity index (χ1v) is 11.8. The average molecular weight is 494 g/mol. The van der Waals surface area contributed by atoms with Crippen LogP contribution in [0.2, 0.25) is 10.0 Å². The number of carbonyl (C=O) groups excluding carboxylic acids is 1. The van der Waals surface area contributed by atoms with Crippen molar-refractivity contribution in [2.24, 2.45) is 0 Å². The number of piperazine rings is 1. The lowest BCUT2D eigenvalue weighted by Gasteiger charge is -2.31. The van der Waals surface area contributed by atoms with Crippen molar-refractivity contribution < 1.29 is 9.18 Å². The van der Waals surface area contributed by atoms with Crippen LogP contribution in [0.5, 0.6) is 0 Å². The normalized spacial score (nSPS) is 13.8. The van der Waals surface area contributed by atoms with E-state index in [1.54, 1.807) is 30.3 Å². The molecule has 0 bridgehead atoms. The first kappa shape index (κ1) is 22.7. The number of anilines is 2. The molecule has 1 saturated heterocycles. The van der Waals surface area contributed by atoms with E-state index in [2.05, 4.69) is 15.5 Å². The maximum absolute atomic E-state index is 15.4. The van der Waals surface area contributed by atoms with Crippen LogP contribution in [0.15, 0.2) is 72.8 Å². The van der Waals surface area contributed by atoms with Gasteiger partial charge in [0.15, 0.2) is 0 Å². The monoisotopic (exact) mass is 493 g/mol. The third-order valence-electron chi connectivity index (χ3n) is 6.06. The molecule has 4 aromatic carbocycles. The summed E-state index contributed by atoms with van der Waals surface area (Å²) in [6, 6.07) is 21.5. The topological polar surface area (TPSA) is 44.4 Å². The summed E-state index contributed by atoms with van der Waals surface area (Å²) in [5.41, 5.74) is 2.75. The Hall–Kier alpha value is -3.12. The highest BCUT2D eigenvalue weighted by Crippen LogP contribution is 2.37. The number of hydrogen-bond donors (Lipinski definition) is 2. The van der Waals surface area contributed by atoms with Crippen molar-refractivity contribution in [3.8, 4) is 11.1 Å². The smallest absolute Gasteiger partial charge is 0.256 e. The molecular formula is C27H22Cl2FN3O. The molecule has 2 N–H and O–H groups in total. The van der Waals surface area contributed by atoms with Crippen molar-refractivity contribution >= 4 is 51.3 Å². The van der Waals surface area contributed by atoms with Crippen LogP contribution in [0.4, 0.5) is 15.8 Å². The fourth-order valence-corrected chi connectivity index (χ4v) is 4.63. The molecule has 0 atom stereocenters. The van der Waals surface area contributed by atoms with Gasteiger partial charge < -0.3 is 15.5 Å². The van der Waals surface area contributed by atoms with E-state index < -0.39 is 5.82 Å². The van der Waals surface area contributed by atoms with Crippen molar-refractivity contribution in [3.05, 3.63) is 94.2 Å². The summed E-state index contributed by atoms with van der Waals surface area (Å²) < 4.78 is 15.4. The van der Waals surface area contributed by atoms with Gasteiger partial charge in [0.05, 0.1) is 21.4 Å².